The summed E-state index contributed by atoms with van der Waals surface area (Å²) >= 11 is 0. The molecule has 20 heavy (non-hydrogen) atoms. The van der Waals surface area contributed by atoms with Crippen molar-refractivity contribution in [2.75, 3.05) is 30.3 Å². The van der Waals surface area contributed by atoms with Crippen LogP contribution in [0.4, 0.5) is 5.69 Å². The predicted molar refractivity (Wildman–Crippen MR) is 75.8 cm³/mol. The first-order valence-corrected chi connectivity index (χ1v) is 8.27. The summed E-state index contributed by atoms with van der Waals surface area (Å²) in [6, 6.07) is 4.98. The van der Waals surface area contributed by atoms with Gasteiger partial charge in [-0.25, -0.2) is 8.42 Å². The van der Waals surface area contributed by atoms with Gasteiger partial charge in [-0.15, -0.1) is 0 Å². The number of hydrogen-bond acceptors (Lipinski definition) is 5. The van der Waals surface area contributed by atoms with Crippen molar-refractivity contribution in [3.8, 4) is 11.5 Å². The largest absolute Gasteiger partial charge is 0.490 e. The van der Waals surface area contributed by atoms with Crippen LogP contribution in [-0.4, -0.2) is 39.1 Å². The van der Waals surface area contributed by atoms with Crippen molar-refractivity contribution in [2.24, 2.45) is 0 Å². The number of fused-ring (bicyclic) bond motifs is 1. The molecule has 112 valence electrons. The third-order valence-electron chi connectivity index (χ3n) is 2.84. The van der Waals surface area contributed by atoms with Crippen LogP contribution in [0.2, 0.25) is 0 Å². The second kappa shape index (κ2) is 6.81. The maximum absolute atomic E-state index is 11.8. The molecule has 2 rings (SSSR count). The van der Waals surface area contributed by atoms with Crippen molar-refractivity contribution in [1.29, 1.82) is 0 Å². The molecule has 0 aliphatic carbocycles. The molecule has 0 spiro atoms. The molecule has 0 aromatic heterocycles. The van der Waals surface area contributed by atoms with Crippen LogP contribution in [0, 0.1) is 0 Å². The molecule has 7 heteroatoms. The van der Waals surface area contributed by atoms with E-state index in [4.69, 9.17) is 14.6 Å². The molecule has 0 fully saturated rings. The molecule has 1 heterocycles. The number of aliphatic hydroxyl groups is 1. The van der Waals surface area contributed by atoms with E-state index in [1.807, 2.05) is 0 Å². The fourth-order valence-electron chi connectivity index (χ4n) is 1.86. The average Bonchev–Trinajstić information content (AvgIpc) is 2.63. The third-order valence-corrected chi connectivity index (χ3v) is 4.21. The van der Waals surface area contributed by atoms with Crippen LogP contribution in [-0.2, 0) is 10.0 Å². The van der Waals surface area contributed by atoms with Crippen molar-refractivity contribution in [3.05, 3.63) is 18.2 Å². The van der Waals surface area contributed by atoms with Gasteiger partial charge in [0.25, 0.3) is 0 Å². The highest BCUT2D eigenvalue weighted by Gasteiger charge is 2.14. The first kappa shape index (κ1) is 14.9. The highest BCUT2D eigenvalue weighted by molar-refractivity contribution is 7.92. The molecule has 0 bridgehead atoms. The van der Waals surface area contributed by atoms with E-state index in [1.165, 1.54) is 0 Å². The molecule has 1 aromatic carbocycles. The summed E-state index contributed by atoms with van der Waals surface area (Å²) in [6.07, 6.45) is 1.70. The molecular weight excluding hydrogens is 282 g/mol. The molecule has 0 saturated carbocycles. The summed E-state index contributed by atoms with van der Waals surface area (Å²) in [6.45, 7) is 1.15. The van der Waals surface area contributed by atoms with Crippen LogP contribution in [0.1, 0.15) is 19.3 Å². The molecule has 1 aliphatic heterocycles. The Balaban J connectivity index is 2.04. The summed E-state index contributed by atoms with van der Waals surface area (Å²) in [5.41, 5.74) is 0.457. The number of benzene rings is 1. The first-order valence-electron chi connectivity index (χ1n) is 6.62. The molecule has 0 atom stereocenters. The van der Waals surface area contributed by atoms with Gasteiger partial charge >= 0.3 is 0 Å². The van der Waals surface area contributed by atoms with Crippen LogP contribution >= 0.6 is 0 Å². The first-order chi connectivity index (χ1) is 9.61. The van der Waals surface area contributed by atoms with Crippen LogP contribution in [0.5, 0.6) is 11.5 Å². The monoisotopic (exact) mass is 301 g/mol. The molecule has 0 saturated heterocycles. The van der Waals surface area contributed by atoms with Gasteiger partial charge in [0.05, 0.1) is 24.7 Å². The second-order valence-corrected chi connectivity index (χ2v) is 6.41. The number of anilines is 1. The quantitative estimate of drug-likeness (QED) is 0.775. The van der Waals surface area contributed by atoms with E-state index >= 15 is 0 Å². The van der Waals surface area contributed by atoms with Crippen molar-refractivity contribution < 1.29 is 23.0 Å². The van der Waals surface area contributed by atoms with E-state index < -0.39 is 10.0 Å². The van der Waals surface area contributed by atoms with Gasteiger partial charge in [-0.1, -0.05) is 0 Å². The highest BCUT2D eigenvalue weighted by Crippen LogP contribution is 2.32. The Hall–Kier alpha value is -1.47. The second-order valence-electron chi connectivity index (χ2n) is 4.56. The number of ether oxygens (including phenoxy) is 2. The van der Waals surface area contributed by atoms with E-state index in [0.717, 1.165) is 6.42 Å². The summed E-state index contributed by atoms with van der Waals surface area (Å²) in [5, 5.41) is 8.67. The van der Waals surface area contributed by atoms with Crippen LogP contribution in [0.15, 0.2) is 18.2 Å². The lowest BCUT2D eigenvalue weighted by Gasteiger charge is -2.11. The highest BCUT2D eigenvalue weighted by atomic mass is 32.2. The SMILES string of the molecule is O=S(=O)(CCCCO)Nc1ccc2c(c1)OCCCO2. The fraction of sp³-hybridized carbons (Fsp3) is 0.538. The third kappa shape index (κ3) is 4.28. The summed E-state index contributed by atoms with van der Waals surface area (Å²) in [4.78, 5) is 0. The van der Waals surface area contributed by atoms with E-state index in [0.29, 0.717) is 43.2 Å². The van der Waals surface area contributed by atoms with Crippen molar-refractivity contribution in [3.63, 3.8) is 0 Å². The standard InChI is InChI=1S/C13H19NO5S/c15-6-1-2-9-20(16,17)14-11-4-5-12-13(10-11)19-8-3-7-18-12/h4-5,10,14-15H,1-3,6-9H2. The number of sulfonamides is 1. The minimum atomic E-state index is -3.40. The molecule has 0 amide bonds. The Morgan fingerprint density at radius 3 is 2.65 bits per heavy atom. The van der Waals surface area contributed by atoms with Gasteiger partial charge in [0.1, 0.15) is 0 Å². The average molecular weight is 301 g/mol. The van der Waals surface area contributed by atoms with Crippen molar-refractivity contribution in [1.82, 2.24) is 0 Å². The molecule has 6 nitrogen and oxygen atoms in total. The van der Waals surface area contributed by atoms with Gasteiger partial charge in [0, 0.05) is 19.1 Å². The topological polar surface area (TPSA) is 84.9 Å². The van der Waals surface area contributed by atoms with Gasteiger partial charge in [0.2, 0.25) is 10.0 Å². The van der Waals surface area contributed by atoms with E-state index in [2.05, 4.69) is 4.72 Å². The van der Waals surface area contributed by atoms with Crippen LogP contribution in [0.3, 0.4) is 0 Å². The molecular formula is C13H19NO5S. The van der Waals surface area contributed by atoms with E-state index in [-0.39, 0.29) is 12.4 Å². The van der Waals surface area contributed by atoms with Gasteiger partial charge in [-0.3, -0.25) is 4.72 Å². The number of rotatable bonds is 6. The Morgan fingerprint density at radius 2 is 1.90 bits per heavy atom. The molecule has 1 aliphatic rings. The Labute approximate surface area is 118 Å². The van der Waals surface area contributed by atoms with E-state index in [1.54, 1.807) is 18.2 Å². The Kier molecular flexibility index (Phi) is 5.08. The summed E-state index contributed by atoms with van der Waals surface area (Å²) in [7, 11) is -3.40. The van der Waals surface area contributed by atoms with Gasteiger partial charge in [0.15, 0.2) is 11.5 Å². The maximum atomic E-state index is 11.8. The fourth-order valence-corrected chi connectivity index (χ4v) is 3.03. The smallest absolute Gasteiger partial charge is 0.232 e. The predicted octanol–water partition coefficient (Wildman–Crippen LogP) is 1.36. The normalized spacial score (nSPS) is 14.7. The van der Waals surface area contributed by atoms with E-state index in [9.17, 15) is 8.42 Å². The number of aliphatic hydroxyl groups excluding tert-OH is 1. The zero-order valence-electron chi connectivity index (χ0n) is 11.2. The lowest BCUT2D eigenvalue weighted by atomic mass is 10.3. The lowest BCUT2D eigenvalue weighted by molar-refractivity contribution is 0.287. The van der Waals surface area contributed by atoms with Gasteiger partial charge < -0.3 is 14.6 Å². The molecule has 2 N–H and O–H groups in total. The maximum Gasteiger partial charge on any atom is 0.232 e. The number of hydrogen-bond donors (Lipinski definition) is 2. The zero-order valence-corrected chi connectivity index (χ0v) is 12.0. The molecule has 1 aromatic rings. The summed E-state index contributed by atoms with van der Waals surface area (Å²) in [5.74, 6) is 1.17. The minimum absolute atomic E-state index is 0.000452. The summed E-state index contributed by atoms with van der Waals surface area (Å²) < 4.78 is 37.2. The number of unbranched alkanes of at least 4 members (excludes halogenated alkanes) is 1. The Bertz CT molecular complexity index is 544. The number of nitrogens with one attached hydrogen (secondary N) is 1. The van der Waals surface area contributed by atoms with Gasteiger partial charge in [-0.2, -0.15) is 0 Å². The minimum Gasteiger partial charge on any atom is -0.490 e. The Morgan fingerprint density at radius 1 is 1.15 bits per heavy atom. The lowest BCUT2D eigenvalue weighted by Crippen LogP contribution is -2.17. The molecule has 0 radical (unpaired) electrons. The van der Waals surface area contributed by atoms with Crippen molar-refractivity contribution >= 4 is 15.7 Å². The zero-order chi connectivity index (χ0) is 14.4. The van der Waals surface area contributed by atoms with Crippen LogP contribution < -0.4 is 14.2 Å². The van der Waals surface area contributed by atoms with Crippen LogP contribution in [0.25, 0.3) is 0 Å². The molecule has 0 unspecified atom stereocenters. The van der Waals surface area contributed by atoms with Gasteiger partial charge in [-0.05, 0) is 25.0 Å². The van der Waals surface area contributed by atoms with Crippen molar-refractivity contribution in [2.45, 2.75) is 19.3 Å².